The Hall–Kier alpha value is -6.30. The number of allylic oxidation sites excluding steroid dienone is 1. The van der Waals surface area contributed by atoms with Crippen LogP contribution in [-0.2, 0) is 6.42 Å². The van der Waals surface area contributed by atoms with E-state index >= 15 is 0 Å². The van der Waals surface area contributed by atoms with Gasteiger partial charge in [0.1, 0.15) is 0 Å². The average Bonchev–Trinajstić information content (AvgIpc) is 3.86. The third-order valence-electron chi connectivity index (χ3n) is 10.4. The van der Waals surface area contributed by atoms with Gasteiger partial charge in [0.2, 0.25) is 0 Å². The maximum Gasteiger partial charge on any atom is 0.160 e. The van der Waals surface area contributed by atoms with Crippen molar-refractivity contribution in [1.29, 1.82) is 0 Å². The van der Waals surface area contributed by atoms with Gasteiger partial charge in [-0.1, -0.05) is 103 Å². The summed E-state index contributed by atoms with van der Waals surface area (Å²) < 4.78 is 6.01. The Morgan fingerprint density at radius 1 is 0.529 bits per heavy atom. The van der Waals surface area contributed by atoms with Crippen molar-refractivity contribution in [3.05, 3.63) is 162 Å². The van der Waals surface area contributed by atoms with Crippen molar-refractivity contribution in [1.82, 2.24) is 19.1 Å². The number of hydrogen-bond acceptors (Lipinski definition) is 3. The van der Waals surface area contributed by atoms with E-state index in [0.717, 1.165) is 52.4 Å². The highest BCUT2D eigenvalue weighted by Gasteiger charge is 2.22. The van der Waals surface area contributed by atoms with E-state index in [-0.39, 0.29) is 0 Å². The van der Waals surface area contributed by atoms with Crippen LogP contribution in [0.2, 0.25) is 0 Å². The van der Waals surface area contributed by atoms with E-state index in [4.69, 9.17) is 9.97 Å². The van der Waals surface area contributed by atoms with Gasteiger partial charge in [-0.2, -0.15) is 0 Å². The van der Waals surface area contributed by atoms with Crippen molar-refractivity contribution in [3.8, 4) is 34.0 Å². The van der Waals surface area contributed by atoms with Crippen molar-refractivity contribution >= 4 is 71.2 Å². The van der Waals surface area contributed by atoms with Gasteiger partial charge in [0, 0.05) is 54.5 Å². The lowest BCUT2D eigenvalue weighted by molar-refractivity contribution is 1.01. The van der Waals surface area contributed by atoms with E-state index in [0.29, 0.717) is 0 Å². The summed E-state index contributed by atoms with van der Waals surface area (Å²) in [4.78, 5) is 11.9. The van der Waals surface area contributed by atoms with Crippen LogP contribution in [0.3, 0.4) is 0 Å². The molecule has 1 aliphatic rings. The molecule has 11 rings (SSSR count). The first-order valence-corrected chi connectivity index (χ1v) is 18.3. The quantitative estimate of drug-likeness (QED) is 0.187. The van der Waals surface area contributed by atoms with Crippen molar-refractivity contribution in [2.75, 3.05) is 0 Å². The van der Waals surface area contributed by atoms with Gasteiger partial charge in [-0.25, -0.2) is 9.97 Å². The zero-order valence-electron chi connectivity index (χ0n) is 27.6. The fraction of sp³-hybridized carbons (Fsp3) is 0.0435. The molecule has 0 bridgehead atoms. The highest BCUT2D eigenvalue weighted by molar-refractivity contribution is 7.19. The van der Waals surface area contributed by atoms with Crippen molar-refractivity contribution in [2.24, 2.45) is 0 Å². The Balaban J connectivity index is 1.13. The summed E-state index contributed by atoms with van der Waals surface area (Å²) in [5.74, 6) is 0.754. The van der Waals surface area contributed by atoms with Gasteiger partial charge in [0.05, 0.1) is 38.0 Å². The molecule has 4 aromatic heterocycles. The summed E-state index contributed by atoms with van der Waals surface area (Å²) in [5, 5.41) is 5.00. The lowest BCUT2D eigenvalue weighted by atomic mass is 10.0. The van der Waals surface area contributed by atoms with Crippen molar-refractivity contribution in [3.63, 3.8) is 0 Å². The molecule has 0 saturated carbocycles. The van der Waals surface area contributed by atoms with Crippen LogP contribution in [0.15, 0.2) is 152 Å². The zero-order chi connectivity index (χ0) is 33.5. The Labute approximate surface area is 298 Å². The average molecular weight is 671 g/mol. The number of benzene rings is 6. The fourth-order valence-corrected chi connectivity index (χ4v) is 9.38. The Bertz CT molecular complexity index is 3000. The number of rotatable bonds is 4. The number of thiophene rings is 1. The van der Waals surface area contributed by atoms with Crippen LogP contribution in [0.1, 0.15) is 16.9 Å². The van der Waals surface area contributed by atoms with Crippen molar-refractivity contribution < 1.29 is 0 Å². The van der Waals surface area contributed by atoms with Crippen LogP contribution >= 0.6 is 11.3 Å². The lowest BCUT2D eigenvalue weighted by Crippen LogP contribution is -1.97. The first-order chi connectivity index (χ1) is 25.3. The predicted octanol–water partition coefficient (Wildman–Crippen LogP) is 12.2. The number of hydrogen-bond donors (Lipinski definition) is 0. The molecule has 4 nitrogen and oxygen atoms in total. The van der Waals surface area contributed by atoms with Gasteiger partial charge in [-0.15, -0.1) is 11.3 Å². The molecule has 0 atom stereocenters. The van der Waals surface area contributed by atoms with Crippen LogP contribution in [0.25, 0.3) is 93.9 Å². The molecule has 0 N–H and O–H groups in total. The summed E-state index contributed by atoms with van der Waals surface area (Å²) >= 11 is 1.85. The Morgan fingerprint density at radius 2 is 1.22 bits per heavy atom. The normalized spacial score (nSPS) is 12.9. The summed E-state index contributed by atoms with van der Waals surface area (Å²) in [6, 6.07) is 52.2. The first kappa shape index (κ1) is 28.5. The monoisotopic (exact) mass is 670 g/mol. The molecule has 240 valence electrons. The molecular weight excluding hydrogens is 641 g/mol. The van der Waals surface area contributed by atoms with Gasteiger partial charge in [0.25, 0.3) is 0 Å². The largest absolute Gasteiger partial charge is 0.309 e. The van der Waals surface area contributed by atoms with E-state index in [1.807, 2.05) is 11.3 Å². The van der Waals surface area contributed by atoms with E-state index in [9.17, 15) is 0 Å². The second kappa shape index (κ2) is 11.1. The van der Waals surface area contributed by atoms with Gasteiger partial charge in [-0.3, -0.25) is 0 Å². The standard InChI is InChI=1S/C46H30N4S/c1-3-13-29(14-4-1)42-45-43(36-19-9-12-22-40(36)51-45)48-46(47-42)30-23-25-32(26-24-30)49-38-21-11-8-18-35(38)41-39(49)28-27-34-33-17-7-10-20-37(33)50(44(34)41)31-15-5-2-6-16-31/h1-11,13-21,23-28H,12,22H2. The topological polar surface area (TPSA) is 35.6 Å². The summed E-state index contributed by atoms with van der Waals surface area (Å²) in [5.41, 5.74) is 12.5. The van der Waals surface area contributed by atoms with Crippen LogP contribution < -0.4 is 0 Å². The maximum absolute atomic E-state index is 5.24. The minimum absolute atomic E-state index is 0.754. The minimum Gasteiger partial charge on any atom is -0.309 e. The number of fused-ring (bicyclic) bond motifs is 10. The van der Waals surface area contributed by atoms with Crippen LogP contribution in [0, 0.1) is 0 Å². The second-order valence-corrected chi connectivity index (χ2v) is 14.4. The molecule has 0 fully saturated rings. The second-order valence-electron chi connectivity index (χ2n) is 13.3. The van der Waals surface area contributed by atoms with Crippen LogP contribution in [0.4, 0.5) is 0 Å². The lowest BCUT2D eigenvalue weighted by Gasteiger charge is -2.11. The molecule has 0 unspecified atom stereocenters. The number of para-hydroxylation sites is 3. The van der Waals surface area contributed by atoms with Crippen LogP contribution in [0.5, 0.6) is 0 Å². The SMILES string of the molecule is C1=Cc2c(sc3c(-c4ccccc4)nc(-c4ccc(-n5c6ccccc6c6c5ccc5c7ccccc7n(-c7ccccc7)c56)cc4)nc23)CC1. The number of aryl methyl sites for hydroxylation is 1. The maximum atomic E-state index is 5.24. The zero-order valence-corrected chi connectivity index (χ0v) is 28.4. The highest BCUT2D eigenvalue weighted by atomic mass is 32.1. The van der Waals surface area contributed by atoms with Crippen molar-refractivity contribution in [2.45, 2.75) is 12.8 Å². The fourth-order valence-electron chi connectivity index (χ4n) is 8.13. The smallest absolute Gasteiger partial charge is 0.160 e. The summed E-state index contributed by atoms with van der Waals surface area (Å²) in [6.07, 6.45) is 6.65. The Morgan fingerprint density at radius 3 is 2.02 bits per heavy atom. The molecule has 0 aliphatic heterocycles. The molecular formula is C46H30N4S. The van der Waals surface area contributed by atoms with E-state index in [1.54, 1.807) is 0 Å². The van der Waals surface area contributed by atoms with E-state index in [2.05, 4.69) is 167 Å². The van der Waals surface area contributed by atoms with Gasteiger partial charge in [0.15, 0.2) is 5.82 Å². The molecule has 4 heterocycles. The van der Waals surface area contributed by atoms with E-state index < -0.39 is 0 Å². The highest BCUT2D eigenvalue weighted by Crippen LogP contribution is 2.43. The molecule has 1 aliphatic carbocycles. The third-order valence-corrected chi connectivity index (χ3v) is 11.6. The van der Waals surface area contributed by atoms with Gasteiger partial charge in [-0.05, 0) is 67.4 Å². The molecule has 0 spiro atoms. The molecule has 6 aromatic carbocycles. The third kappa shape index (κ3) is 4.25. The summed E-state index contributed by atoms with van der Waals surface area (Å²) in [6.45, 7) is 0. The van der Waals surface area contributed by atoms with Gasteiger partial charge >= 0.3 is 0 Å². The number of nitrogens with zero attached hydrogens (tertiary/aromatic N) is 4. The molecule has 10 aromatic rings. The molecule has 0 saturated heterocycles. The molecule has 0 amide bonds. The Kier molecular flexibility index (Phi) is 6.21. The first-order valence-electron chi connectivity index (χ1n) is 17.5. The molecule has 0 radical (unpaired) electrons. The minimum atomic E-state index is 0.754. The van der Waals surface area contributed by atoms with Gasteiger partial charge < -0.3 is 9.13 Å². The summed E-state index contributed by atoms with van der Waals surface area (Å²) in [7, 11) is 0. The van der Waals surface area contributed by atoms with E-state index in [1.165, 1.54) is 58.8 Å². The van der Waals surface area contributed by atoms with Crippen LogP contribution in [-0.4, -0.2) is 19.1 Å². The number of aromatic nitrogens is 4. The predicted molar refractivity (Wildman–Crippen MR) is 214 cm³/mol. The molecule has 5 heteroatoms. The molecule has 51 heavy (non-hydrogen) atoms.